The van der Waals surface area contributed by atoms with E-state index in [2.05, 4.69) is 25.2 Å². The third-order valence-electron chi connectivity index (χ3n) is 4.72. The summed E-state index contributed by atoms with van der Waals surface area (Å²) in [4.78, 5) is 29.9. The smallest absolute Gasteiger partial charge is 0.235 e. The molecule has 0 aliphatic carbocycles. The topological polar surface area (TPSA) is 121 Å². The fourth-order valence-electron chi connectivity index (χ4n) is 2.99. The average Bonchev–Trinajstić information content (AvgIpc) is 3.21. The molecule has 1 aromatic rings. The highest BCUT2D eigenvalue weighted by Gasteiger charge is 2.21. The number of sulfonamides is 1. The van der Waals surface area contributed by atoms with Crippen molar-refractivity contribution in [1.29, 1.82) is 0 Å². The van der Waals surface area contributed by atoms with Crippen molar-refractivity contribution in [2.24, 2.45) is 0 Å². The molecule has 2 saturated heterocycles. The van der Waals surface area contributed by atoms with Crippen LogP contribution in [0.25, 0.3) is 0 Å². The predicted molar refractivity (Wildman–Crippen MR) is 104 cm³/mol. The molecule has 11 nitrogen and oxygen atoms in total. The number of nitrogens with zero attached hydrogens (tertiary/aromatic N) is 6. The van der Waals surface area contributed by atoms with Crippen molar-refractivity contribution < 1.29 is 17.9 Å². The minimum atomic E-state index is -3.41. The first-order valence-electron chi connectivity index (χ1n) is 9.33. The zero-order valence-corrected chi connectivity index (χ0v) is 17.1. The van der Waals surface area contributed by atoms with Crippen LogP contribution in [0, 0.1) is 0 Å². The number of carbonyl (C=O) groups excluding carboxylic acids is 1. The number of rotatable bonds is 7. The van der Waals surface area contributed by atoms with Crippen LogP contribution in [-0.2, 0) is 26.1 Å². The van der Waals surface area contributed by atoms with Gasteiger partial charge in [0.05, 0.1) is 32.6 Å². The van der Waals surface area contributed by atoms with Gasteiger partial charge in [-0.05, 0) is 12.8 Å². The number of ether oxygens (including phenoxy) is 1. The molecule has 0 spiro atoms. The van der Waals surface area contributed by atoms with Crippen LogP contribution in [0.4, 0.5) is 11.9 Å². The first-order chi connectivity index (χ1) is 13.3. The van der Waals surface area contributed by atoms with Gasteiger partial charge >= 0.3 is 0 Å². The second kappa shape index (κ2) is 8.97. The van der Waals surface area contributed by atoms with Crippen molar-refractivity contribution in [3.63, 3.8) is 0 Å². The van der Waals surface area contributed by atoms with Crippen LogP contribution < -0.4 is 15.1 Å². The van der Waals surface area contributed by atoms with Crippen molar-refractivity contribution in [3.8, 4) is 0 Å². The van der Waals surface area contributed by atoms with Crippen LogP contribution in [0.1, 0.15) is 18.7 Å². The lowest BCUT2D eigenvalue weighted by Crippen LogP contribution is -2.39. The fourth-order valence-corrected chi connectivity index (χ4v) is 3.34. The van der Waals surface area contributed by atoms with Crippen molar-refractivity contribution in [3.05, 3.63) is 5.82 Å². The molecule has 0 saturated carbocycles. The minimum Gasteiger partial charge on any atom is -0.378 e. The summed E-state index contributed by atoms with van der Waals surface area (Å²) < 4.78 is 29.3. The van der Waals surface area contributed by atoms with Crippen molar-refractivity contribution in [1.82, 2.24) is 24.6 Å². The summed E-state index contributed by atoms with van der Waals surface area (Å²) >= 11 is 0. The highest BCUT2D eigenvalue weighted by atomic mass is 32.2. The molecular formula is C16H27N7O4S. The summed E-state index contributed by atoms with van der Waals surface area (Å²) in [6, 6.07) is 0. The van der Waals surface area contributed by atoms with Crippen molar-refractivity contribution in [2.45, 2.75) is 19.4 Å². The van der Waals surface area contributed by atoms with Gasteiger partial charge in [-0.25, -0.2) is 8.42 Å². The maximum Gasteiger partial charge on any atom is 0.235 e. The number of aromatic nitrogens is 3. The number of carbonyl (C=O) groups is 1. The van der Waals surface area contributed by atoms with Gasteiger partial charge in [0.15, 0.2) is 5.82 Å². The Morgan fingerprint density at radius 3 is 2.21 bits per heavy atom. The van der Waals surface area contributed by atoms with Gasteiger partial charge in [-0.15, -0.1) is 0 Å². The molecule has 3 rings (SSSR count). The van der Waals surface area contributed by atoms with E-state index in [0.717, 1.165) is 36.5 Å². The Kier molecular flexibility index (Phi) is 6.62. The molecule has 0 aromatic carbocycles. The number of nitrogens with one attached hydrogen (secondary N) is 1. The van der Waals surface area contributed by atoms with E-state index in [1.165, 1.54) is 7.05 Å². The van der Waals surface area contributed by atoms with E-state index in [0.29, 0.717) is 44.0 Å². The van der Waals surface area contributed by atoms with Crippen LogP contribution in [0.15, 0.2) is 0 Å². The molecule has 0 radical (unpaired) electrons. The molecule has 156 valence electrons. The highest BCUT2D eigenvalue weighted by molar-refractivity contribution is 7.88. The van der Waals surface area contributed by atoms with Gasteiger partial charge in [0.2, 0.25) is 27.8 Å². The number of hydrogen-bond donors (Lipinski definition) is 1. The van der Waals surface area contributed by atoms with E-state index in [9.17, 15) is 13.2 Å². The molecule has 3 heterocycles. The predicted octanol–water partition coefficient (Wildman–Crippen LogP) is -1.18. The quantitative estimate of drug-likeness (QED) is 0.588. The van der Waals surface area contributed by atoms with Crippen LogP contribution >= 0.6 is 0 Å². The summed E-state index contributed by atoms with van der Waals surface area (Å²) in [5.41, 5.74) is 0. The van der Waals surface area contributed by atoms with E-state index < -0.39 is 15.9 Å². The van der Waals surface area contributed by atoms with Gasteiger partial charge in [0.25, 0.3) is 0 Å². The molecular weight excluding hydrogens is 386 g/mol. The second-order valence-corrected chi connectivity index (χ2v) is 9.03. The molecule has 12 heteroatoms. The number of amides is 1. The Morgan fingerprint density at radius 2 is 1.64 bits per heavy atom. The SMILES string of the molecule is CN(CC(=O)NCc1nc(N2CCCC2)nc(N2CCOCC2)n1)S(C)(=O)=O. The van der Waals surface area contributed by atoms with E-state index >= 15 is 0 Å². The Morgan fingerprint density at radius 1 is 1.07 bits per heavy atom. The van der Waals surface area contributed by atoms with Crippen LogP contribution in [0.3, 0.4) is 0 Å². The summed E-state index contributed by atoms with van der Waals surface area (Å²) in [5, 5.41) is 2.69. The molecule has 0 atom stereocenters. The maximum absolute atomic E-state index is 12.1. The first-order valence-corrected chi connectivity index (χ1v) is 11.2. The van der Waals surface area contributed by atoms with Crippen molar-refractivity contribution in [2.75, 3.05) is 69.0 Å². The van der Waals surface area contributed by atoms with Crippen molar-refractivity contribution >= 4 is 27.8 Å². The molecule has 0 bridgehead atoms. The third kappa shape index (κ3) is 5.49. The number of anilines is 2. The van der Waals surface area contributed by atoms with Gasteiger partial charge < -0.3 is 19.9 Å². The maximum atomic E-state index is 12.1. The lowest BCUT2D eigenvalue weighted by Gasteiger charge is -2.28. The van der Waals surface area contributed by atoms with Gasteiger partial charge in [-0.3, -0.25) is 4.79 Å². The lowest BCUT2D eigenvalue weighted by molar-refractivity contribution is -0.121. The van der Waals surface area contributed by atoms with Crippen LogP contribution in [-0.4, -0.2) is 92.8 Å². The second-order valence-electron chi connectivity index (χ2n) is 6.94. The molecule has 28 heavy (non-hydrogen) atoms. The summed E-state index contributed by atoms with van der Waals surface area (Å²) in [7, 11) is -2.05. The first kappa shape index (κ1) is 20.7. The Labute approximate surface area is 165 Å². The summed E-state index contributed by atoms with van der Waals surface area (Å²) in [6.07, 6.45) is 3.26. The molecule has 1 amide bonds. The summed E-state index contributed by atoms with van der Waals surface area (Å²) in [5.74, 6) is 1.24. The van der Waals surface area contributed by atoms with Gasteiger partial charge in [-0.1, -0.05) is 0 Å². The van der Waals surface area contributed by atoms with E-state index in [-0.39, 0.29) is 13.1 Å². The Bertz CT molecular complexity index is 792. The molecule has 1 aromatic heterocycles. The number of morpholine rings is 1. The molecule has 1 N–H and O–H groups in total. The third-order valence-corrected chi connectivity index (χ3v) is 5.98. The molecule has 0 unspecified atom stereocenters. The fraction of sp³-hybridized carbons (Fsp3) is 0.750. The monoisotopic (exact) mass is 413 g/mol. The number of likely N-dealkylation sites (N-methyl/N-ethyl adjacent to an activating group) is 1. The Hall–Kier alpha value is -2.05. The number of hydrogen-bond acceptors (Lipinski definition) is 9. The van der Waals surface area contributed by atoms with Crippen LogP contribution in [0.2, 0.25) is 0 Å². The normalized spacial score (nSPS) is 18.0. The largest absolute Gasteiger partial charge is 0.378 e. The van der Waals surface area contributed by atoms with Gasteiger partial charge in [-0.2, -0.15) is 19.3 Å². The standard InChI is InChI=1S/C16H27N7O4S/c1-21(28(2,25)26)12-14(24)17-11-13-18-15(22-5-3-4-6-22)20-16(19-13)23-7-9-27-10-8-23/h3-12H2,1-2H3,(H,17,24). The van der Waals surface area contributed by atoms with Gasteiger partial charge in [0, 0.05) is 33.2 Å². The Balaban J connectivity index is 1.71. The van der Waals surface area contributed by atoms with E-state index in [4.69, 9.17) is 4.74 Å². The zero-order valence-electron chi connectivity index (χ0n) is 16.3. The van der Waals surface area contributed by atoms with Gasteiger partial charge in [0.1, 0.15) is 0 Å². The lowest BCUT2D eigenvalue weighted by atomic mass is 10.4. The highest BCUT2D eigenvalue weighted by Crippen LogP contribution is 2.19. The summed E-state index contributed by atoms with van der Waals surface area (Å²) in [6.45, 7) is 4.30. The average molecular weight is 414 g/mol. The van der Waals surface area contributed by atoms with E-state index in [1.54, 1.807) is 0 Å². The molecule has 2 fully saturated rings. The van der Waals surface area contributed by atoms with E-state index in [1.807, 2.05) is 4.90 Å². The minimum absolute atomic E-state index is 0.108. The zero-order chi connectivity index (χ0) is 20.1. The van der Waals surface area contributed by atoms with Crippen LogP contribution in [0.5, 0.6) is 0 Å². The molecule has 2 aliphatic rings. The molecule has 2 aliphatic heterocycles.